The van der Waals surface area contributed by atoms with Crippen molar-refractivity contribution in [3.8, 4) is 22.6 Å². The molecule has 40 heavy (non-hydrogen) atoms. The Balaban J connectivity index is 1.94. The number of halogens is 3. The van der Waals surface area contributed by atoms with Crippen LogP contribution < -0.4 is 20.3 Å². The van der Waals surface area contributed by atoms with Crippen LogP contribution in [0.2, 0.25) is 10.0 Å². The van der Waals surface area contributed by atoms with Crippen molar-refractivity contribution in [1.82, 2.24) is 14.5 Å². The molecule has 4 aromatic rings. The van der Waals surface area contributed by atoms with Gasteiger partial charge in [0, 0.05) is 41.9 Å². The minimum Gasteiger partial charge on any atom is -0.495 e. The van der Waals surface area contributed by atoms with Gasteiger partial charge in [-0.3, -0.25) is 14.9 Å². The maximum absolute atomic E-state index is 14.5. The molecule has 2 heterocycles. The number of nitro benzene ring substituents is 1. The van der Waals surface area contributed by atoms with Gasteiger partial charge in [-0.15, -0.1) is 0 Å². The van der Waals surface area contributed by atoms with E-state index in [0.29, 0.717) is 30.4 Å². The summed E-state index contributed by atoms with van der Waals surface area (Å²) in [4.78, 5) is 31.1. The summed E-state index contributed by atoms with van der Waals surface area (Å²) in [6, 6.07) is 8.23. The number of ether oxygens (including phenoxy) is 2. The van der Waals surface area contributed by atoms with E-state index in [1.807, 2.05) is 19.0 Å². The van der Waals surface area contributed by atoms with Crippen molar-refractivity contribution in [2.45, 2.75) is 13.0 Å². The molecule has 0 aliphatic rings. The van der Waals surface area contributed by atoms with E-state index in [-0.39, 0.29) is 49.7 Å². The van der Waals surface area contributed by atoms with Crippen LogP contribution in [-0.2, 0) is 6.54 Å². The lowest BCUT2D eigenvalue weighted by Crippen LogP contribution is -2.25. The molecule has 0 amide bonds. The lowest BCUT2D eigenvalue weighted by molar-refractivity contribution is -0.384. The number of rotatable bonds is 10. The van der Waals surface area contributed by atoms with Gasteiger partial charge in [0.2, 0.25) is 0 Å². The second-order valence-electron chi connectivity index (χ2n) is 9.10. The second-order valence-corrected chi connectivity index (χ2v) is 9.86. The minimum absolute atomic E-state index is 0.119. The first-order valence-corrected chi connectivity index (χ1v) is 12.8. The molecule has 0 bridgehead atoms. The van der Waals surface area contributed by atoms with Crippen LogP contribution in [0.25, 0.3) is 22.0 Å². The average Bonchev–Trinajstić information content (AvgIpc) is 2.91. The zero-order chi connectivity index (χ0) is 29.1. The molecular formula is C27H26Cl2FN5O5. The summed E-state index contributed by atoms with van der Waals surface area (Å²) in [6.07, 6.45) is 2.10. The highest BCUT2D eigenvalue weighted by molar-refractivity contribution is 6.41. The van der Waals surface area contributed by atoms with E-state index in [4.69, 9.17) is 32.7 Å². The van der Waals surface area contributed by atoms with Gasteiger partial charge in [-0.05, 0) is 39.2 Å². The lowest BCUT2D eigenvalue weighted by Gasteiger charge is -2.18. The summed E-state index contributed by atoms with van der Waals surface area (Å²) in [5.41, 5.74) is -0.240. The fraction of sp³-hybridized carbons (Fsp3) is 0.259. The van der Waals surface area contributed by atoms with Crippen molar-refractivity contribution in [1.29, 1.82) is 0 Å². The molecular weight excluding hydrogens is 564 g/mol. The van der Waals surface area contributed by atoms with E-state index < -0.39 is 16.4 Å². The van der Waals surface area contributed by atoms with E-state index in [0.717, 1.165) is 6.07 Å². The fourth-order valence-electron chi connectivity index (χ4n) is 4.33. The molecule has 0 radical (unpaired) electrons. The van der Waals surface area contributed by atoms with Gasteiger partial charge >= 0.3 is 0 Å². The van der Waals surface area contributed by atoms with Crippen LogP contribution in [0.1, 0.15) is 6.42 Å². The second kappa shape index (κ2) is 12.1. The summed E-state index contributed by atoms with van der Waals surface area (Å²) in [5.74, 6) is -0.138. The Bertz CT molecular complexity index is 1630. The first-order chi connectivity index (χ1) is 19.1. The highest BCUT2D eigenvalue weighted by Crippen LogP contribution is 2.45. The normalized spacial score (nSPS) is 11.2. The van der Waals surface area contributed by atoms with Crippen molar-refractivity contribution in [2.24, 2.45) is 0 Å². The Morgan fingerprint density at radius 2 is 1.80 bits per heavy atom. The molecule has 0 atom stereocenters. The first kappa shape index (κ1) is 29.1. The summed E-state index contributed by atoms with van der Waals surface area (Å²) < 4.78 is 26.8. The fourth-order valence-corrected chi connectivity index (χ4v) is 5.03. The number of fused-ring (bicyclic) bond motifs is 1. The molecule has 13 heteroatoms. The van der Waals surface area contributed by atoms with Gasteiger partial charge in [-0.2, -0.15) is 0 Å². The van der Waals surface area contributed by atoms with Crippen LogP contribution in [0.5, 0.6) is 11.5 Å². The molecule has 0 saturated carbocycles. The van der Waals surface area contributed by atoms with Crippen molar-refractivity contribution >= 4 is 51.3 Å². The largest absolute Gasteiger partial charge is 0.495 e. The zero-order valence-corrected chi connectivity index (χ0v) is 23.6. The van der Waals surface area contributed by atoms with Gasteiger partial charge in [0.15, 0.2) is 11.5 Å². The third-order valence-electron chi connectivity index (χ3n) is 6.25. The number of para-hydroxylation sites is 1. The number of anilines is 2. The number of benzene rings is 2. The number of pyridine rings is 2. The molecule has 4 rings (SSSR count). The van der Waals surface area contributed by atoms with E-state index in [1.54, 1.807) is 16.7 Å². The maximum atomic E-state index is 14.5. The average molecular weight is 590 g/mol. The van der Waals surface area contributed by atoms with Crippen molar-refractivity contribution < 1.29 is 18.8 Å². The Kier molecular flexibility index (Phi) is 8.77. The van der Waals surface area contributed by atoms with Gasteiger partial charge in [0.1, 0.15) is 17.3 Å². The molecule has 2 aromatic carbocycles. The lowest BCUT2D eigenvalue weighted by atomic mass is 10.0. The molecule has 2 aromatic heterocycles. The Hall–Kier alpha value is -3.93. The highest BCUT2D eigenvalue weighted by Gasteiger charge is 2.24. The maximum Gasteiger partial charge on any atom is 0.295 e. The van der Waals surface area contributed by atoms with Gasteiger partial charge in [-0.25, -0.2) is 9.37 Å². The molecule has 10 nitrogen and oxygen atoms in total. The van der Waals surface area contributed by atoms with Crippen LogP contribution in [0.4, 0.5) is 21.6 Å². The SMILES string of the molecule is COc1cc(OC)c(Cl)c(-c2cc3cnc(Nc4c(F)cccc4[N+](=O)[O-])cc3n(CCCN(C)C)c2=O)c1Cl. The third kappa shape index (κ3) is 5.67. The highest BCUT2D eigenvalue weighted by atomic mass is 35.5. The van der Waals surface area contributed by atoms with Crippen LogP contribution >= 0.6 is 23.2 Å². The number of hydrogen-bond acceptors (Lipinski definition) is 8. The molecule has 0 aliphatic heterocycles. The number of aromatic nitrogens is 2. The molecule has 0 saturated heterocycles. The van der Waals surface area contributed by atoms with Crippen molar-refractivity contribution in [3.63, 3.8) is 0 Å². The molecule has 0 fully saturated rings. The van der Waals surface area contributed by atoms with E-state index in [2.05, 4.69) is 10.3 Å². The zero-order valence-electron chi connectivity index (χ0n) is 22.1. The van der Waals surface area contributed by atoms with Gasteiger partial charge < -0.3 is 24.3 Å². The number of aryl methyl sites for hydroxylation is 1. The Morgan fingerprint density at radius 1 is 1.12 bits per heavy atom. The molecule has 0 aliphatic carbocycles. The summed E-state index contributed by atoms with van der Waals surface area (Å²) in [5, 5.41) is 15.0. The molecule has 0 unspecified atom stereocenters. The van der Waals surface area contributed by atoms with Crippen LogP contribution in [0, 0.1) is 15.9 Å². The predicted molar refractivity (Wildman–Crippen MR) is 154 cm³/mol. The van der Waals surface area contributed by atoms with E-state index in [9.17, 15) is 19.3 Å². The Morgan fingerprint density at radius 3 is 2.40 bits per heavy atom. The quantitative estimate of drug-likeness (QED) is 0.174. The number of methoxy groups -OCH3 is 2. The Labute approximate surface area is 239 Å². The van der Waals surface area contributed by atoms with Crippen LogP contribution in [0.15, 0.2) is 47.4 Å². The standard InChI is InChI=1S/C27H26Cl2FN5O5/c1-33(2)9-6-10-34-19-12-22(32-26-17(30)7-5-8-18(26)35(37)38)31-14-15(19)11-16(27(34)36)23-24(28)20(39-3)13-21(40-4)25(23)29/h5,7-8,11-14H,6,9-10H2,1-4H3,(H,31,32). The number of nitrogens with zero attached hydrogens (tertiary/aromatic N) is 4. The monoisotopic (exact) mass is 589 g/mol. The van der Waals surface area contributed by atoms with E-state index in [1.165, 1.54) is 38.6 Å². The summed E-state index contributed by atoms with van der Waals surface area (Å²) >= 11 is 13.3. The summed E-state index contributed by atoms with van der Waals surface area (Å²) in [7, 11) is 6.73. The minimum atomic E-state index is -0.814. The van der Waals surface area contributed by atoms with Crippen molar-refractivity contribution in [2.75, 3.05) is 40.2 Å². The van der Waals surface area contributed by atoms with Crippen LogP contribution in [0.3, 0.4) is 0 Å². The van der Waals surface area contributed by atoms with Gasteiger partial charge in [-0.1, -0.05) is 29.3 Å². The van der Waals surface area contributed by atoms with Gasteiger partial charge in [0.05, 0.1) is 40.3 Å². The van der Waals surface area contributed by atoms with Gasteiger partial charge in [0.25, 0.3) is 11.2 Å². The first-order valence-electron chi connectivity index (χ1n) is 12.1. The topological polar surface area (TPSA) is 112 Å². The van der Waals surface area contributed by atoms with Crippen LogP contribution in [-0.4, -0.2) is 54.2 Å². The molecule has 1 N–H and O–H groups in total. The number of hydrogen-bond donors (Lipinski definition) is 1. The number of nitrogens with one attached hydrogen (secondary N) is 1. The van der Waals surface area contributed by atoms with Crippen molar-refractivity contribution in [3.05, 3.63) is 78.9 Å². The molecule has 210 valence electrons. The number of nitro groups is 1. The molecule has 0 spiro atoms. The third-order valence-corrected chi connectivity index (χ3v) is 7.00. The van der Waals surface area contributed by atoms with E-state index >= 15 is 0 Å². The smallest absolute Gasteiger partial charge is 0.295 e. The summed E-state index contributed by atoms with van der Waals surface area (Å²) in [6.45, 7) is 1.02. The predicted octanol–water partition coefficient (Wildman–Crippen LogP) is 6.13.